The van der Waals surface area contributed by atoms with Crippen molar-refractivity contribution < 1.29 is 31.6 Å². The third kappa shape index (κ3) is 5.12. The Morgan fingerprint density at radius 2 is 2.00 bits per heavy atom. The number of morpholine rings is 1. The van der Waals surface area contributed by atoms with Crippen molar-refractivity contribution in [3.63, 3.8) is 0 Å². The fourth-order valence-corrected chi connectivity index (χ4v) is 3.64. The Kier molecular flexibility index (Phi) is 5.63. The molecule has 0 bridgehead atoms. The minimum absolute atomic E-state index is 0.115. The zero-order valence-corrected chi connectivity index (χ0v) is 18.1. The lowest BCUT2D eigenvalue weighted by molar-refractivity contribution is -0.137. The van der Waals surface area contributed by atoms with Gasteiger partial charge in [0, 0.05) is 41.7 Å². The Morgan fingerprint density at radius 1 is 1.21 bits per heavy atom. The number of alkyl halides is 3. The average molecular weight is 475 g/mol. The molecule has 178 valence electrons. The molecule has 0 spiro atoms. The molecule has 1 saturated heterocycles. The number of methoxy groups -OCH3 is 1. The van der Waals surface area contributed by atoms with Gasteiger partial charge in [-0.2, -0.15) is 13.2 Å². The summed E-state index contributed by atoms with van der Waals surface area (Å²) in [6.07, 6.45) is -1.33. The van der Waals surface area contributed by atoms with Gasteiger partial charge in [0.15, 0.2) is 0 Å². The highest BCUT2D eigenvalue weighted by Crippen LogP contribution is 2.34. The molecule has 34 heavy (non-hydrogen) atoms. The number of nitrogens with one attached hydrogen (secondary N) is 1. The third-order valence-corrected chi connectivity index (χ3v) is 5.39. The number of carbonyl (C=O) groups is 1. The number of aromatic nitrogens is 2. The molecule has 3 heterocycles. The normalized spacial score (nSPS) is 15.8. The standard InChI is InChI=1S/C24H23F3N4O3/c1-15-20(17-11-19(14-28-13-17)31-6-8-34-9-7-31)12-21(23(29-15)33-2)30-22(32)16-4-3-5-18(10-16)24(25,26)27/h3-5,10-14H,6-9H2,1-2H3,(H,30,32)/i2D3. The molecule has 7 nitrogen and oxygen atoms in total. The van der Waals surface area contributed by atoms with Crippen molar-refractivity contribution in [1.82, 2.24) is 9.97 Å². The Hall–Kier alpha value is -3.66. The summed E-state index contributed by atoms with van der Waals surface area (Å²) in [5.41, 5.74) is 1.04. The summed E-state index contributed by atoms with van der Waals surface area (Å²) < 4.78 is 72.1. The lowest BCUT2D eigenvalue weighted by Crippen LogP contribution is -2.36. The van der Waals surface area contributed by atoms with Crippen molar-refractivity contribution in [3.8, 4) is 17.0 Å². The van der Waals surface area contributed by atoms with Crippen molar-refractivity contribution >= 4 is 17.3 Å². The third-order valence-electron chi connectivity index (χ3n) is 5.39. The fourth-order valence-electron chi connectivity index (χ4n) is 3.64. The van der Waals surface area contributed by atoms with Crippen molar-refractivity contribution in [2.45, 2.75) is 13.1 Å². The van der Waals surface area contributed by atoms with Crippen LogP contribution in [0.1, 0.15) is 25.7 Å². The van der Waals surface area contributed by atoms with Crippen molar-refractivity contribution in [3.05, 3.63) is 65.6 Å². The molecule has 1 N–H and O–H groups in total. The molecule has 0 unspecified atom stereocenters. The van der Waals surface area contributed by atoms with Gasteiger partial charge in [-0.05, 0) is 37.3 Å². The van der Waals surface area contributed by atoms with Crippen LogP contribution in [0, 0.1) is 6.92 Å². The van der Waals surface area contributed by atoms with E-state index in [9.17, 15) is 18.0 Å². The predicted octanol–water partition coefficient (Wildman–Crippen LogP) is 4.57. The molecule has 0 aliphatic carbocycles. The van der Waals surface area contributed by atoms with Crippen molar-refractivity contribution in [2.24, 2.45) is 0 Å². The van der Waals surface area contributed by atoms with Gasteiger partial charge in [0.1, 0.15) is 5.69 Å². The Balaban J connectivity index is 1.72. The predicted molar refractivity (Wildman–Crippen MR) is 121 cm³/mol. The number of hydrogen-bond donors (Lipinski definition) is 1. The number of hydrogen-bond acceptors (Lipinski definition) is 6. The molecule has 4 rings (SSSR count). The summed E-state index contributed by atoms with van der Waals surface area (Å²) in [5.74, 6) is -1.28. The van der Waals surface area contributed by atoms with Crippen LogP contribution in [-0.4, -0.2) is 49.2 Å². The highest BCUT2D eigenvalue weighted by Gasteiger charge is 2.31. The van der Waals surface area contributed by atoms with E-state index < -0.39 is 24.7 Å². The molecule has 3 aromatic rings. The number of benzene rings is 1. The van der Waals surface area contributed by atoms with Crippen LogP contribution in [0.25, 0.3) is 11.1 Å². The molecular formula is C24H23F3N4O3. The molecule has 1 aliphatic rings. The van der Waals surface area contributed by atoms with E-state index in [0.717, 1.165) is 17.8 Å². The minimum atomic E-state index is -4.64. The second kappa shape index (κ2) is 9.68. The summed E-state index contributed by atoms with van der Waals surface area (Å²) in [6, 6.07) is 7.23. The van der Waals surface area contributed by atoms with E-state index in [4.69, 9.17) is 13.6 Å². The first-order valence-electron chi connectivity index (χ1n) is 11.9. The van der Waals surface area contributed by atoms with Gasteiger partial charge in [0.2, 0.25) is 5.88 Å². The molecule has 1 aromatic carbocycles. The monoisotopic (exact) mass is 475 g/mol. The molecule has 10 heteroatoms. The first-order chi connectivity index (χ1) is 17.4. The quantitative estimate of drug-likeness (QED) is 0.583. The average Bonchev–Trinajstić information content (AvgIpc) is 2.85. The second-order valence-corrected chi connectivity index (χ2v) is 7.64. The Bertz CT molecular complexity index is 1300. The van der Waals surface area contributed by atoms with Gasteiger partial charge >= 0.3 is 6.18 Å². The second-order valence-electron chi connectivity index (χ2n) is 7.64. The van der Waals surface area contributed by atoms with Crippen LogP contribution in [0.4, 0.5) is 24.5 Å². The topological polar surface area (TPSA) is 76.6 Å². The van der Waals surface area contributed by atoms with Gasteiger partial charge in [-0.15, -0.1) is 0 Å². The molecule has 1 amide bonds. The van der Waals surface area contributed by atoms with Gasteiger partial charge in [-0.3, -0.25) is 9.78 Å². The number of amides is 1. The van der Waals surface area contributed by atoms with E-state index in [1.165, 1.54) is 12.1 Å². The van der Waals surface area contributed by atoms with Crippen LogP contribution in [0.15, 0.2) is 48.8 Å². The zero-order valence-electron chi connectivity index (χ0n) is 21.1. The van der Waals surface area contributed by atoms with Gasteiger partial charge in [0.25, 0.3) is 5.91 Å². The van der Waals surface area contributed by atoms with Crippen LogP contribution in [-0.2, 0) is 10.9 Å². The number of carbonyl (C=O) groups excluding carboxylic acids is 1. The minimum Gasteiger partial charge on any atom is -0.480 e. The van der Waals surface area contributed by atoms with E-state index in [2.05, 4.69) is 20.2 Å². The Labute approximate surface area is 198 Å². The molecular weight excluding hydrogens is 449 g/mol. The molecule has 1 aliphatic heterocycles. The number of anilines is 2. The number of nitrogens with zero attached hydrogens (tertiary/aromatic N) is 3. The summed E-state index contributed by atoms with van der Waals surface area (Å²) in [4.78, 5) is 23.5. The highest BCUT2D eigenvalue weighted by molar-refractivity contribution is 6.05. The first kappa shape index (κ1) is 19.8. The number of pyridine rings is 2. The lowest BCUT2D eigenvalue weighted by Gasteiger charge is -2.28. The smallest absolute Gasteiger partial charge is 0.416 e. The summed E-state index contributed by atoms with van der Waals surface area (Å²) in [5, 5.41) is 2.45. The number of rotatable bonds is 5. The summed E-state index contributed by atoms with van der Waals surface area (Å²) >= 11 is 0. The van der Waals surface area contributed by atoms with E-state index in [1.807, 2.05) is 6.07 Å². The number of halogens is 3. The van der Waals surface area contributed by atoms with Gasteiger partial charge in [-0.1, -0.05) is 6.07 Å². The SMILES string of the molecule is [2H]C([2H])([2H])Oc1nc(C)c(-c2cncc(N3CCOCC3)c2)cc1NC(=O)c1cccc(C(F)(F)F)c1. The van der Waals surface area contributed by atoms with Gasteiger partial charge in [-0.25, -0.2) is 4.98 Å². The van der Waals surface area contributed by atoms with E-state index in [1.54, 1.807) is 19.3 Å². The fraction of sp³-hybridized carbons (Fsp3) is 0.292. The van der Waals surface area contributed by atoms with Crippen molar-refractivity contribution in [2.75, 3.05) is 43.6 Å². The highest BCUT2D eigenvalue weighted by atomic mass is 19.4. The maximum Gasteiger partial charge on any atom is 0.416 e. The summed E-state index contributed by atoms with van der Waals surface area (Å²) in [7, 11) is -2.88. The Morgan fingerprint density at radius 3 is 2.74 bits per heavy atom. The molecule has 2 aromatic heterocycles. The first-order valence-corrected chi connectivity index (χ1v) is 10.4. The van der Waals surface area contributed by atoms with Crippen LogP contribution in [0.2, 0.25) is 0 Å². The molecule has 0 saturated carbocycles. The molecule has 0 radical (unpaired) electrons. The van der Waals surface area contributed by atoms with E-state index in [-0.39, 0.29) is 17.1 Å². The zero-order chi connectivity index (χ0) is 26.8. The molecule has 1 fully saturated rings. The largest absolute Gasteiger partial charge is 0.480 e. The lowest BCUT2D eigenvalue weighted by atomic mass is 10.0. The number of aryl methyl sites for hydroxylation is 1. The van der Waals surface area contributed by atoms with E-state index >= 15 is 0 Å². The number of ether oxygens (including phenoxy) is 2. The van der Waals surface area contributed by atoms with Crippen LogP contribution in [0.5, 0.6) is 5.88 Å². The van der Waals surface area contributed by atoms with E-state index in [0.29, 0.717) is 49.2 Å². The van der Waals surface area contributed by atoms with Crippen LogP contribution < -0.4 is 15.0 Å². The maximum absolute atomic E-state index is 13.1. The van der Waals surface area contributed by atoms with Gasteiger partial charge < -0.3 is 19.7 Å². The maximum atomic E-state index is 13.1. The van der Waals surface area contributed by atoms with Crippen LogP contribution in [0.3, 0.4) is 0 Å². The molecule has 0 atom stereocenters. The van der Waals surface area contributed by atoms with Gasteiger partial charge in [0.05, 0.1) is 41.8 Å². The summed E-state index contributed by atoms with van der Waals surface area (Å²) in [6.45, 7) is 4.18. The van der Waals surface area contributed by atoms with Crippen LogP contribution >= 0.6 is 0 Å². The van der Waals surface area contributed by atoms with Crippen molar-refractivity contribution in [1.29, 1.82) is 0 Å².